The topological polar surface area (TPSA) is 78.5 Å². The normalized spacial score (nSPS) is 10.2. The summed E-state index contributed by atoms with van der Waals surface area (Å²) in [6, 6.07) is 4.47. The van der Waals surface area contributed by atoms with Gasteiger partial charge in [-0.3, -0.25) is 0 Å². The first-order valence-corrected chi connectivity index (χ1v) is 3.55. The van der Waals surface area contributed by atoms with Crippen molar-refractivity contribution in [2.45, 2.75) is 0 Å². The van der Waals surface area contributed by atoms with Crippen LogP contribution in [0.2, 0.25) is 0 Å². The van der Waals surface area contributed by atoms with Crippen molar-refractivity contribution in [2.24, 2.45) is 0 Å². The minimum absolute atomic E-state index is 0.143. The molecule has 0 spiro atoms. The molecular formula is C8H5FN4. The van der Waals surface area contributed by atoms with Crippen molar-refractivity contribution in [1.82, 2.24) is 9.97 Å². The number of rotatable bonds is 0. The summed E-state index contributed by atoms with van der Waals surface area (Å²) in [7, 11) is 0. The van der Waals surface area contributed by atoms with Crippen LogP contribution in [0.3, 0.4) is 0 Å². The Hall–Kier alpha value is -2.09. The van der Waals surface area contributed by atoms with Crippen LogP contribution < -0.4 is 5.73 Å². The summed E-state index contributed by atoms with van der Waals surface area (Å²) in [5.41, 5.74) is 6.18. The Morgan fingerprint density at radius 1 is 1.54 bits per heavy atom. The molecule has 1 aromatic carbocycles. The number of nitrogen functional groups attached to an aromatic ring is 1. The van der Waals surface area contributed by atoms with Crippen LogP contribution in [0.15, 0.2) is 12.1 Å². The zero-order valence-electron chi connectivity index (χ0n) is 6.50. The van der Waals surface area contributed by atoms with E-state index >= 15 is 0 Å². The first-order valence-electron chi connectivity index (χ1n) is 3.55. The Bertz CT molecular complexity index is 509. The molecule has 1 heterocycles. The lowest BCUT2D eigenvalue weighted by atomic mass is 10.2. The summed E-state index contributed by atoms with van der Waals surface area (Å²) in [5, 5.41) is 8.55. The standard InChI is InChI=1S/C8H5FN4/c9-5-1-4(3-10)2-6-7(5)13-8(11)12-6/h1-2H,(H3,11,12,13). The first kappa shape index (κ1) is 7.55. The third-order valence-corrected chi connectivity index (χ3v) is 1.69. The Morgan fingerprint density at radius 2 is 2.31 bits per heavy atom. The van der Waals surface area contributed by atoms with Gasteiger partial charge in [0.15, 0.2) is 11.8 Å². The van der Waals surface area contributed by atoms with Crippen molar-refractivity contribution in [3.63, 3.8) is 0 Å². The van der Waals surface area contributed by atoms with Gasteiger partial charge in [0, 0.05) is 0 Å². The van der Waals surface area contributed by atoms with Crippen molar-refractivity contribution in [2.75, 3.05) is 5.73 Å². The lowest BCUT2D eigenvalue weighted by molar-refractivity contribution is 0.637. The van der Waals surface area contributed by atoms with Crippen LogP contribution in [0.25, 0.3) is 11.0 Å². The van der Waals surface area contributed by atoms with Gasteiger partial charge >= 0.3 is 0 Å². The summed E-state index contributed by atoms with van der Waals surface area (Å²) in [6.45, 7) is 0. The van der Waals surface area contributed by atoms with E-state index in [0.717, 1.165) is 6.07 Å². The minimum atomic E-state index is -0.540. The second-order valence-electron chi connectivity index (χ2n) is 2.59. The van der Waals surface area contributed by atoms with Crippen LogP contribution in [-0.4, -0.2) is 9.97 Å². The molecule has 0 amide bonds. The van der Waals surface area contributed by atoms with Gasteiger partial charge in [-0.1, -0.05) is 0 Å². The van der Waals surface area contributed by atoms with Crippen LogP contribution in [0.4, 0.5) is 10.3 Å². The number of imidazole rings is 1. The highest BCUT2D eigenvalue weighted by molar-refractivity contribution is 5.79. The number of H-pyrrole nitrogens is 1. The zero-order valence-corrected chi connectivity index (χ0v) is 6.50. The maximum atomic E-state index is 13.2. The highest BCUT2D eigenvalue weighted by Gasteiger charge is 2.07. The van der Waals surface area contributed by atoms with E-state index < -0.39 is 5.82 Å². The molecule has 0 unspecified atom stereocenters. The van der Waals surface area contributed by atoms with Gasteiger partial charge in [-0.15, -0.1) is 0 Å². The number of anilines is 1. The number of nitriles is 1. The predicted octanol–water partition coefficient (Wildman–Crippen LogP) is 1.16. The SMILES string of the molecule is N#Cc1cc(F)c2nc(N)[nH]c2c1. The third kappa shape index (κ3) is 1.08. The van der Waals surface area contributed by atoms with Gasteiger partial charge in [-0.2, -0.15) is 5.26 Å². The van der Waals surface area contributed by atoms with Crippen LogP contribution in [-0.2, 0) is 0 Å². The number of hydrogen-bond donors (Lipinski definition) is 2. The lowest BCUT2D eigenvalue weighted by Gasteiger charge is -1.91. The fraction of sp³-hybridized carbons (Fsp3) is 0. The molecule has 4 nitrogen and oxygen atoms in total. The molecule has 2 aromatic rings. The summed E-state index contributed by atoms with van der Waals surface area (Å²) >= 11 is 0. The monoisotopic (exact) mass is 176 g/mol. The maximum absolute atomic E-state index is 13.2. The Kier molecular flexibility index (Phi) is 1.43. The quantitative estimate of drug-likeness (QED) is 0.632. The van der Waals surface area contributed by atoms with E-state index in [2.05, 4.69) is 9.97 Å². The molecule has 1 aromatic heterocycles. The number of nitrogens with two attached hydrogens (primary N) is 1. The molecule has 0 atom stereocenters. The van der Waals surface area contributed by atoms with Gasteiger partial charge in [0.2, 0.25) is 0 Å². The van der Waals surface area contributed by atoms with Gasteiger partial charge in [0.05, 0.1) is 17.1 Å². The molecule has 3 N–H and O–H groups in total. The van der Waals surface area contributed by atoms with Gasteiger partial charge < -0.3 is 10.7 Å². The van der Waals surface area contributed by atoms with E-state index in [1.54, 1.807) is 0 Å². The number of fused-ring (bicyclic) bond motifs is 1. The molecule has 5 heteroatoms. The van der Waals surface area contributed by atoms with Crippen LogP contribution >= 0.6 is 0 Å². The highest BCUT2D eigenvalue weighted by atomic mass is 19.1. The van der Waals surface area contributed by atoms with Crippen molar-refractivity contribution >= 4 is 17.0 Å². The molecule has 2 rings (SSSR count). The zero-order chi connectivity index (χ0) is 9.42. The molecule has 13 heavy (non-hydrogen) atoms. The highest BCUT2D eigenvalue weighted by Crippen LogP contribution is 2.18. The average molecular weight is 176 g/mol. The van der Waals surface area contributed by atoms with Crippen molar-refractivity contribution in [3.8, 4) is 6.07 Å². The molecule has 0 saturated carbocycles. The van der Waals surface area contributed by atoms with E-state index in [1.807, 2.05) is 6.07 Å². The lowest BCUT2D eigenvalue weighted by Crippen LogP contribution is -1.84. The van der Waals surface area contributed by atoms with Crippen LogP contribution in [0.1, 0.15) is 5.56 Å². The molecule has 0 aliphatic rings. The summed E-state index contributed by atoms with van der Waals surface area (Å²) in [6.07, 6.45) is 0. The van der Waals surface area contributed by atoms with Gasteiger partial charge in [-0.05, 0) is 12.1 Å². The Balaban J connectivity index is 2.85. The minimum Gasteiger partial charge on any atom is -0.369 e. The fourth-order valence-electron chi connectivity index (χ4n) is 1.16. The van der Waals surface area contributed by atoms with Crippen molar-refractivity contribution in [3.05, 3.63) is 23.5 Å². The number of nitrogens with one attached hydrogen (secondary N) is 1. The van der Waals surface area contributed by atoms with E-state index in [0.29, 0.717) is 5.52 Å². The fourth-order valence-corrected chi connectivity index (χ4v) is 1.16. The maximum Gasteiger partial charge on any atom is 0.198 e. The first-order chi connectivity index (χ1) is 6.20. The number of aromatic nitrogens is 2. The van der Waals surface area contributed by atoms with E-state index in [4.69, 9.17) is 11.0 Å². The summed E-state index contributed by atoms with van der Waals surface area (Å²) < 4.78 is 13.2. The summed E-state index contributed by atoms with van der Waals surface area (Å²) in [4.78, 5) is 6.38. The van der Waals surface area contributed by atoms with E-state index in [9.17, 15) is 4.39 Å². The molecule has 0 aliphatic heterocycles. The van der Waals surface area contributed by atoms with Gasteiger partial charge in [0.25, 0.3) is 0 Å². The van der Waals surface area contributed by atoms with Crippen molar-refractivity contribution in [1.29, 1.82) is 5.26 Å². The summed E-state index contributed by atoms with van der Waals surface area (Å²) in [5.74, 6) is -0.397. The third-order valence-electron chi connectivity index (χ3n) is 1.69. The number of nitrogens with zero attached hydrogens (tertiary/aromatic N) is 2. The molecule has 0 radical (unpaired) electrons. The molecule has 0 aliphatic carbocycles. The smallest absolute Gasteiger partial charge is 0.198 e. The van der Waals surface area contributed by atoms with Crippen LogP contribution in [0, 0.1) is 17.1 Å². The largest absolute Gasteiger partial charge is 0.369 e. The number of halogens is 1. The second kappa shape index (κ2) is 2.45. The van der Waals surface area contributed by atoms with Gasteiger partial charge in [0.1, 0.15) is 5.52 Å². The number of benzene rings is 1. The van der Waals surface area contributed by atoms with Crippen molar-refractivity contribution < 1.29 is 4.39 Å². The van der Waals surface area contributed by atoms with E-state index in [-0.39, 0.29) is 17.0 Å². The Labute approximate surface area is 72.8 Å². The number of aromatic amines is 1. The average Bonchev–Trinajstić information content (AvgIpc) is 2.46. The van der Waals surface area contributed by atoms with Crippen LogP contribution in [0.5, 0.6) is 0 Å². The molecule has 64 valence electrons. The molecular weight excluding hydrogens is 171 g/mol. The second-order valence-corrected chi connectivity index (χ2v) is 2.59. The van der Waals surface area contributed by atoms with E-state index in [1.165, 1.54) is 6.07 Å². The predicted molar refractivity (Wildman–Crippen MR) is 45.2 cm³/mol. The number of hydrogen-bond acceptors (Lipinski definition) is 3. The van der Waals surface area contributed by atoms with Gasteiger partial charge in [-0.25, -0.2) is 9.37 Å². The molecule has 0 saturated heterocycles. The Morgan fingerprint density at radius 3 is 3.00 bits per heavy atom. The molecule has 0 fully saturated rings. The molecule has 0 bridgehead atoms.